The summed E-state index contributed by atoms with van der Waals surface area (Å²) in [6.07, 6.45) is 1.46. The highest BCUT2D eigenvalue weighted by Crippen LogP contribution is 2.15. The van der Waals surface area contributed by atoms with Crippen molar-refractivity contribution >= 4 is 23.2 Å². The van der Waals surface area contributed by atoms with Gasteiger partial charge in [0.05, 0.1) is 12.3 Å². The lowest BCUT2D eigenvalue weighted by atomic mass is 10.2. The van der Waals surface area contributed by atoms with E-state index in [2.05, 4.69) is 15.6 Å². The van der Waals surface area contributed by atoms with E-state index in [1.54, 1.807) is 30.5 Å². The maximum Gasteiger partial charge on any atom is 0.246 e. The third-order valence-corrected chi connectivity index (χ3v) is 2.93. The van der Waals surface area contributed by atoms with E-state index in [1.807, 2.05) is 6.92 Å². The summed E-state index contributed by atoms with van der Waals surface area (Å²) in [4.78, 5) is 11.8. The number of aliphatic hydroxyl groups excluding tert-OH is 1. The molecule has 1 unspecified atom stereocenters. The minimum Gasteiger partial charge on any atom is -0.387 e. The Hall–Kier alpha value is -1.92. The Morgan fingerprint density at radius 1 is 1.55 bits per heavy atom. The minimum absolute atomic E-state index is 0.0238. The highest BCUT2D eigenvalue weighted by atomic mass is 35.5. The maximum absolute atomic E-state index is 11.8. The first kappa shape index (κ1) is 14.5. The number of amides is 1. The van der Waals surface area contributed by atoms with Crippen molar-refractivity contribution in [3.05, 3.63) is 41.2 Å². The Bertz CT molecular complexity index is 600. The van der Waals surface area contributed by atoms with Crippen LogP contribution in [0.1, 0.15) is 25.1 Å². The lowest BCUT2D eigenvalue weighted by Crippen LogP contribution is -2.19. The van der Waals surface area contributed by atoms with Gasteiger partial charge in [0.15, 0.2) is 0 Å². The molecule has 1 atom stereocenters. The number of halogens is 1. The average Bonchev–Trinajstić information content (AvgIpc) is 2.86. The summed E-state index contributed by atoms with van der Waals surface area (Å²) in [6, 6.07) is 6.89. The molecule has 0 aliphatic rings. The van der Waals surface area contributed by atoms with Crippen molar-refractivity contribution < 1.29 is 9.90 Å². The van der Waals surface area contributed by atoms with Crippen LogP contribution in [0.3, 0.4) is 0 Å². The Morgan fingerprint density at radius 2 is 2.35 bits per heavy atom. The molecule has 6 nitrogen and oxygen atoms in total. The predicted octanol–water partition coefficient (Wildman–Crippen LogP) is 2.01. The molecule has 0 spiro atoms. The van der Waals surface area contributed by atoms with Gasteiger partial charge in [0.1, 0.15) is 12.2 Å². The van der Waals surface area contributed by atoms with E-state index in [4.69, 9.17) is 11.6 Å². The second-order valence-corrected chi connectivity index (χ2v) is 4.76. The van der Waals surface area contributed by atoms with Crippen LogP contribution in [-0.4, -0.2) is 26.0 Å². The van der Waals surface area contributed by atoms with Crippen LogP contribution in [0.5, 0.6) is 0 Å². The van der Waals surface area contributed by atoms with Gasteiger partial charge in [-0.05, 0) is 24.6 Å². The number of carbonyl (C=O) groups excluding carboxylic acids is 1. The van der Waals surface area contributed by atoms with Crippen LogP contribution in [0.2, 0.25) is 5.02 Å². The van der Waals surface area contributed by atoms with Crippen LogP contribution in [0.15, 0.2) is 30.5 Å². The van der Waals surface area contributed by atoms with Crippen LogP contribution in [0, 0.1) is 0 Å². The molecule has 106 valence electrons. The predicted molar refractivity (Wildman–Crippen MR) is 75.4 cm³/mol. The molecular weight excluding hydrogens is 280 g/mol. The zero-order valence-electron chi connectivity index (χ0n) is 11.0. The molecule has 7 heteroatoms. The lowest BCUT2D eigenvalue weighted by molar-refractivity contribution is -0.116. The number of anilines is 1. The third kappa shape index (κ3) is 3.79. The lowest BCUT2D eigenvalue weighted by Gasteiger charge is -2.05. The van der Waals surface area contributed by atoms with Gasteiger partial charge in [-0.2, -0.15) is 0 Å². The standard InChI is InChI=1S/C13H15ClN4O2/c1-2-12(19)11-7-18(17-16-11)8-13(20)15-10-5-3-4-9(14)6-10/h3-7,12,19H,2,8H2,1H3,(H,15,20). The van der Waals surface area contributed by atoms with E-state index in [0.717, 1.165) is 0 Å². The highest BCUT2D eigenvalue weighted by molar-refractivity contribution is 6.30. The van der Waals surface area contributed by atoms with Crippen molar-refractivity contribution in [1.82, 2.24) is 15.0 Å². The molecule has 1 aromatic heterocycles. The summed E-state index contributed by atoms with van der Waals surface area (Å²) in [7, 11) is 0. The molecule has 0 fully saturated rings. The molecule has 1 amide bonds. The molecule has 20 heavy (non-hydrogen) atoms. The Kier molecular flexibility index (Phi) is 4.70. The van der Waals surface area contributed by atoms with E-state index in [9.17, 15) is 9.90 Å². The monoisotopic (exact) mass is 294 g/mol. The minimum atomic E-state index is -0.653. The summed E-state index contributed by atoms with van der Waals surface area (Å²) in [5.41, 5.74) is 1.08. The summed E-state index contributed by atoms with van der Waals surface area (Å²) >= 11 is 5.84. The Labute approximate surface area is 121 Å². The Morgan fingerprint density at radius 3 is 3.05 bits per heavy atom. The largest absolute Gasteiger partial charge is 0.387 e. The summed E-state index contributed by atoms with van der Waals surface area (Å²) in [5, 5.41) is 20.5. The van der Waals surface area contributed by atoms with Gasteiger partial charge in [-0.15, -0.1) is 5.10 Å². The smallest absolute Gasteiger partial charge is 0.246 e. The molecule has 0 saturated heterocycles. The molecule has 0 aliphatic carbocycles. The van der Waals surface area contributed by atoms with Crippen molar-refractivity contribution in [2.24, 2.45) is 0 Å². The van der Waals surface area contributed by atoms with Crippen LogP contribution >= 0.6 is 11.6 Å². The number of benzene rings is 1. The molecule has 2 N–H and O–H groups in total. The number of nitrogens with zero attached hydrogens (tertiary/aromatic N) is 3. The van der Waals surface area contributed by atoms with Gasteiger partial charge in [0, 0.05) is 10.7 Å². The third-order valence-electron chi connectivity index (χ3n) is 2.70. The van der Waals surface area contributed by atoms with E-state index in [-0.39, 0.29) is 12.5 Å². The second-order valence-electron chi connectivity index (χ2n) is 4.32. The molecule has 2 rings (SSSR count). The number of nitrogens with one attached hydrogen (secondary N) is 1. The number of hydrogen-bond donors (Lipinski definition) is 2. The molecule has 2 aromatic rings. The van der Waals surface area contributed by atoms with E-state index < -0.39 is 6.10 Å². The van der Waals surface area contributed by atoms with Gasteiger partial charge in [-0.25, -0.2) is 4.68 Å². The van der Waals surface area contributed by atoms with Crippen molar-refractivity contribution in [3.63, 3.8) is 0 Å². The highest BCUT2D eigenvalue weighted by Gasteiger charge is 2.11. The molecule has 0 bridgehead atoms. The molecular formula is C13H15ClN4O2. The van der Waals surface area contributed by atoms with E-state index in [1.165, 1.54) is 4.68 Å². The van der Waals surface area contributed by atoms with Gasteiger partial charge in [-0.3, -0.25) is 4.79 Å². The number of hydrogen-bond acceptors (Lipinski definition) is 4. The maximum atomic E-state index is 11.8. The average molecular weight is 295 g/mol. The zero-order valence-corrected chi connectivity index (χ0v) is 11.7. The fraction of sp³-hybridized carbons (Fsp3) is 0.308. The topological polar surface area (TPSA) is 80.0 Å². The van der Waals surface area contributed by atoms with Crippen LogP contribution < -0.4 is 5.32 Å². The van der Waals surface area contributed by atoms with Crippen molar-refractivity contribution in [2.75, 3.05) is 5.32 Å². The molecule has 1 aromatic carbocycles. The van der Waals surface area contributed by atoms with Crippen molar-refractivity contribution in [2.45, 2.75) is 26.0 Å². The molecule has 1 heterocycles. The summed E-state index contributed by atoms with van der Waals surface area (Å²) < 4.78 is 1.38. The normalized spacial score (nSPS) is 12.2. The molecule has 0 radical (unpaired) electrons. The SMILES string of the molecule is CCC(O)c1cn(CC(=O)Nc2cccc(Cl)c2)nn1. The number of rotatable bonds is 5. The van der Waals surface area contributed by atoms with Crippen LogP contribution in [0.25, 0.3) is 0 Å². The summed E-state index contributed by atoms with van der Waals surface area (Å²) in [5.74, 6) is -0.241. The van der Waals surface area contributed by atoms with Crippen molar-refractivity contribution in [3.8, 4) is 0 Å². The van der Waals surface area contributed by atoms with Crippen LogP contribution in [-0.2, 0) is 11.3 Å². The van der Waals surface area contributed by atoms with Gasteiger partial charge in [0.2, 0.25) is 5.91 Å². The number of aromatic nitrogens is 3. The fourth-order valence-corrected chi connectivity index (χ4v) is 1.86. The first-order valence-corrected chi connectivity index (χ1v) is 6.59. The fourth-order valence-electron chi connectivity index (χ4n) is 1.67. The summed E-state index contributed by atoms with van der Waals surface area (Å²) in [6.45, 7) is 1.87. The Balaban J connectivity index is 1.96. The first-order valence-electron chi connectivity index (χ1n) is 6.22. The molecule has 0 saturated carbocycles. The zero-order chi connectivity index (χ0) is 14.5. The molecule has 0 aliphatic heterocycles. The second kappa shape index (κ2) is 6.49. The van der Waals surface area contributed by atoms with Gasteiger partial charge < -0.3 is 10.4 Å². The van der Waals surface area contributed by atoms with Gasteiger partial charge in [-0.1, -0.05) is 29.8 Å². The van der Waals surface area contributed by atoms with Crippen LogP contribution in [0.4, 0.5) is 5.69 Å². The van der Waals surface area contributed by atoms with Gasteiger partial charge in [0.25, 0.3) is 0 Å². The van der Waals surface area contributed by atoms with Crippen molar-refractivity contribution in [1.29, 1.82) is 0 Å². The van der Waals surface area contributed by atoms with Gasteiger partial charge >= 0.3 is 0 Å². The number of aliphatic hydroxyl groups is 1. The van der Waals surface area contributed by atoms with E-state index >= 15 is 0 Å². The quantitative estimate of drug-likeness (QED) is 0.884. The first-order chi connectivity index (χ1) is 9.58. The number of carbonyl (C=O) groups is 1. The van der Waals surface area contributed by atoms with E-state index in [0.29, 0.717) is 22.8 Å².